The van der Waals surface area contributed by atoms with E-state index < -0.39 is 6.10 Å². The molecule has 0 aliphatic rings. The van der Waals surface area contributed by atoms with Crippen LogP contribution in [0.5, 0.6) is 0 Å². The monoisotopic (exact) mass is 190 g/mol. The number of hydrogen-bond acceptors (Lipinski definition) is 3. The Morgan fingerprint density at radius 2 is 1.85 bits per heavy atom. The molecule has 0 rings (SSSR count). The Bertz CT molecular complexity index is 118. The predicted octanol–water partition coefficient (Wildman–Crippen LogP) is 1.59. The molecule has 0 saturated carbocycles. The third-order valence-electron chi connectivity index (χ3n) is 1.37. The summed E-state index contributed by atoms with van der Waals surface area (Å²) in [5.74, 6) is 0. The van der Waals surface area contributed by atoms with Gasteiger partial charge < -0.3 is 14.6 Å². The summed E-state index contributed by atoms with van der Waals surface area (Å²) in [7, 11) is 0. The molecule has 0 saturated heterocycles. The molecule has 0 radical (unpaired) electrons. The van der Waals surface area contributed by atoms with Crippen molar-refractivity contribution >= 4 is 0 Å². The van der Waals surface area contributed by atoms with E-state index in [4.69, 9.17) is 9.47 Å². The SMILES string of the molecule is CCCOCC(O)COC(C)(C)C. The van der Waals surface area contributed by atoms with E-state index in [0.29, 0.717) is 19.8 Å². The van der Waals surface area contributed by atoms with Gasteiger partial charge in [-0.1, -0.05) is 6.92 Å². The minimum absolute atomic E-state index is 0.189. The van der Waals surface area contributed by atoms with Crippen molar-refractivity contribution in [2.45, 2.75) is 45.8 Å². The first kappa shape index (κ1) is 12.9. The second kappa shape index (κ2) is 6.35. The second-order valence-electron chi connectivity index (χ2n) is 4.15. The maximum Gasteiger partial charge on any atom is 0.101 e. The maximum absolute atomic E-state index is 9.39. The Hall–Kier alpha value is -0.120. The van der Waals surface area contributed by atoms with E-state index in [1.807, 2.05) is 27.7 Å². The first-order chi connectivity index (χ1) is 5.95. The molecule has 13 heavy (non-hydrogen) atoms. The zero-order valence-electron chi connectivity index (χ0n) is 9.17. The highest BCUT2D eigenvalue weighted by atomic mass is 16.5. The van der Waals surface area contributed by atoms with Crippen LogP contribution in [0.4, 0.5) is 0 Å². The van der Waals surface area contributed by atoms with Crippen LogP contribution in [0.1, 0.15) is 34.1 Å². The Morgan fingerprint density at radius 1 is 1.23 bits per heavy atom. The highest BCUT2D eigenvalue weighted by Gasteiger charge is 2.13. The summed E-state index contributed by atoms with van der Waals surface area (Å²) in [5, 5.41) is 9.39. The van der Waals surface area contributed by atoms with Gasteiger partial charge in [0.1, 0.15) is 6.10 Å². The lowest BCUT2D eigenvalue weighted by atomic mass is 10.2. The summed E-state index contributed by atoms with van der Waals surface area (Å²) in [6, 6.07) is 0. The van der Waals surface area contributed by atoms with Crippen LogP contribution in [0.25, 0.3) is 0 Å². The normalized spacial score (nSPS) is 14.5. The highest BCUT2D eigenvalue weighted by molar-refractivity contribution is 4.61. The van der Waals surface area contributed by atoms with Crippen LogP contribution < -0.4 is 0 Å². The zero-order chi connectivity index (χ0) is 10.3. The lowest BCUT2D eigenvalue weighted by Gasteiger charge is -2.21. The Morgan fingerprint density at radius 3 is 2.31 bits per heavy atom. The molecule has 0 aliphatic heterocycles. The molecular formula is C10H22O3. The molecule has 0 aromatic rings. The van der Waals surface area contributed by atoms with Crippen LogP contribution in [0, 0.1) is 0 Å². The second-order valence-corrected chi connectivity index (χ2v) is 4.15. The van der Waals surface area contributed by atoms with E-state index >= 15 is 0 Å². The van der Waals surface area contributed by atoms with Crippen LogP contribution in [-0.2, 0) is 9.47 Å². The topological polar surface area (TPSA) is 38.7 Å². The molecule has 0 bridgehead atoms. The van der Waals surface area contributed by atoms with Crippen molar-refractivity contribution in [2.75, 3.05) is 19.8 Å². The molecule has 0 heterocycles. The molecule has 1 N–H and O–H groups in total. The van der Waals surface area contributed by atoms with Crippen molar-refractivity contribution in [3.8, 4) is 0 Å². The van der Waals surface area contributed by atoms with Crippen LogP contribution in [0.15, 0.2) is 0 Å². The molecule has 1 unspecified atom stereocenters. The molecule has 3 heteroatoms. The fourth-order valence-electron chi connectivity index (χ4n) is 0.758. The average Bonchev–Trinajstić information content (AvgIpc) is 2.00. The van der Waals surface area contributed by atoms with E-state index in [-0.39, 0.29) is 5.60 Å². The van der Waals surface area contributed by atoms with E-state index in [0.717, 1.165) is 6.42 Å². The van der Waals surface area contributed by atoms with Gasteiger partial charge in [0.15, 0.2) is 0 Å². The summed E-state index contributed by atoms with van der Waals surface area (Å²) in [6.07, 6.45) is 0.470. The molecule has 0 spiro atoms. The van der Waals surface area contributed by atoms with Gasteiger partial charge in [-0.05, 0) is 27.2 Å². The van der Waals surface area contributed by atoms with E-state index in [9.17, 15) is 5.11 Å². The van der Waals surface area contributed by atoms with Crippen LogP contribution in [0.3, 0.4) is 0 Å². The summed E-state index contributed by atoms with van der Waals surface area (Å²) in [6.45, 7) is 9.34. The summed E-state index contributed by atoms with van der Waals surface area (Å²) in [4.78, 5) is 0. The molecule has 0 aromatic heterocycles. The number of aliphatic hydroxyl groups is 1. The third kappa shape index (κ3) is 9.80. The van der Waals surface area contributed by atoms with Gasteiger partial charge in [-0.25, -0.2) is 0 Å². The van der Waals surface area contributed by atoms with Gasteiger partial charge in [-0.15, -0.1) is 0 Å². The standard InChI is InChI=1S/C10H22O3/c1-5-6-12-7-9(11)8-13-10(2,3)4/h9,11H,5-8H2,1-4H3. The molecule has 3 nitrogen and oxygen atoms in total. The minimum Gasteiger partial charge on any atom is -0.388 e. The average molecular weight is 190 g/mol. The molecule has 1 atom stereocenters. The number of hydrogen-bond donors (Lipinski definition) is 1. The fraction of sp³-hybridized carbons (Fsp3) is 1.00. The summed E-state index contributed by atoms with van der Waals surface area (Å²) in [5.41, 5.74) is -0.189. The largest absolute Gasteiger partial charge is 0.388 e. The van der Waals surface area contributed by atoms with Crippen LogP contribution in [0.2, 0.25) is 0 Å². The first-order valence-electron chi connectivity index (χ1n) is 4.85. The van der Waals surface area contributed by atoms with Gasteiger partial charge in [-0.2, -0.15) is 0 Å². The van der Waals surface area contributed by atoms with Crippen LogP contribution >= 0.6 is 0 Å². The van der Waals surface area contributed by atoms with Gasteiger partial charge in [0.2, 0.25) is 0 Å². The zero-order valence-corrected chi connectivity index (χ0v) is 9.17. The Labute approximate surface area is 81.0 Å². The van der Waals surface area contributed by atoms with E-state index in [1.165, 1.54) is 0 Å². The molecule has 0 aliphatic carbocycles. The smallest absolute Gasteiger partial charge is 0.101 e. The molecular weight excluding hydrogens is 168 g/mol. The fourth-order valence-corrected chi connectivity index (χ4v) is 0.758. The molecule has 0 amide bonds. The van der Waals surface area contributed by atoms with Crippen molar-refractivity contribution < 1.29 is 14.6 Å². The summed E-state index contributed by atoms with van der Waals surface area (Å²) < 4.78 is 10.6. The van der Waals surface area contributed by atoms with Crippen molar-refractivity contribution in [2.24, 2.45) is 0 Å². The van der Waals surface area contributed by atoms with Gasteiger partial charge in [0, 0.05) is 6.61 Å². The van der Waals surface area contributed by atoms with Crippen molar-refractivity contribution in [3.05, 3.63) is 0 Å². The predicted molar refractivity (Wildman–Crippen MR) is 52.8 cm³/mol. The first-order valence-corrected chi connectivity index (χ1v) is 4.85. The summed E-state index contributed by atoms with van der Waals surface area (Å²) >= 11 is 0. The van der Waals surface area contributed by atoms with Gasteiger partial charge >= 0.3 is 0 Å². The molecule has 80 valence electrons. The van der Waals surface area contributed by atoms with Gasteiger partial charge in [0.25, 0.3) is 0 Å². The van der Waals surface area contributed by atoms with Gasteiger partial charge in [0.05, 0.1) is 18.8 Å². The van der Waals surface area contributed by atoms with E-state index in [1.54, 1.807) is 0 Å². The lowest BCUT2D eigenvalue weighted by Crippen LogP contribution is -2.29. The number of rotatable bonds is 6. The third-order valence-corrected chi connectivity index (χ3v) is 1.37. The van der Waals surface area contributed by atoms with Crippen molar-refractivity contribution in [3.63, 3.8) is 0 Å². The van der Waals surface area contributed by atoms with Crippen molar-refractivity contribution in [1.29, 1.82) is 0 Å². The number of ether oxygens (including phenoxy) is 2. The molecule has 0 fully saturated rings. The number of aliphatic hydroxyl groups excluding tert-OH is 1. The minimum atomic E-state index is -0.509. The maximum atomic E-state index is 9.39. The van der Waals surface area contributed by atoms with E-state index in [2.05, 4.69) is 0 Å². The Balaban J connectivity index is 3.35. The van der Waals surface area contributed by atoms with Crippen LogP contribution in [-0.4, -0.2) is 36.6 Å². The van der Waals surface area contributed by atoms with Crippen molar-refractivity contribution in [1.82, 2.24) is 0 Å². The molecule has 0 aromatic carbocycles. The van der Waals surface area contributed by atoms with Gasteiger partial charge in [-0.3, -0.25) is 0 Å². The quantitative estimate of drug-likeness (QED) is 0.646. The Kier molecular flexibility index (Phi) is 6.29. The highest BCUT2D eigenvalue weighted by Crippen LogP contribution is 2.07. The lowest BCUT2D eigenvalue weighted by molar-refractivity contribution is -0.0712.